The SMILES string of the molecule is COc1ccc(C(CNc2nc(NCC(OC)c3ccc(OC)c(OC)c3)nc(N3CCc4cc(OC)c(OC)cc4C3)n2)OC)cc1OC. The smallest absolute Gasteiger partial charge is 0.232 e. The molecule has 2 unspecified atom stereocenters. The molecule has 14 heteroatoms. The first kappa shape index (κ1) is 36.1. The monoisotopic (exact) mass is 690 g/mol. The van der Waals surface area contributed by atoms with Crippen molar-refractivity contribution in [2.24, 2.45) is 0 Å². The fourth-order valence-electron chi connectivity index (χ4n) is 5.87. The summed E-state index contributed by atoms with van der Waals surface area (Å²) in [5.74, 6) is 5.18. The van der Waals surface area contributed by atoms with Gasteiger partial charge in [0.1, 0.15) is 0 Å². The number of nitrogens with zero attached hydrogens (tertiary/aromatic N) is 4. The first-order valence-corrected chi connectivity index (χ1v) is 16.1. The Hall–Kier alpha value is -5.21. The average Bonchev–Trinajstić information content (AvgIpc) is 3.17. The van der Waals surface area contributed by atoms with Gasteiger partial charge in [-0.2, -0.15) is 15.0 Å². The Bertz CT molecular complexity index is 1660. The van der Waals surface area contributed by atoms with Gasteiger partial charge in [-0.05, 0) is 65.1 Å². The van der Waals surface area contributed by atoms with E-state index in [1.54, 1.807) is 56.9 Å². The van der Waals surface area contributed by atoms with Gasteiger partial charge in [0, 0.05) is 40.4 Å². The third-order valence-corrected chi connectivity index (χ3v) is 8.64. The molecule has 2 N–H and O–H groups in total. The van der Waals surface area contributed by atoms with E-state index in [-0.39, 0.29) is 12.2 Å². The molecule has 0 aliphatic carbocycles. The van der Waals surface area contributed by atoms with Crippen LogP contribution in [0.2, 0.25) is 0 Å². The molecule has 268 valence electrons. The summed E-state index contributed by atoms with van der Waals surface area (Å²) in [6, 6.07) is 15.4. The van der Waals surface area contributed by atoms with Gasteiger partial charge in [-0.3, -0.25) is 0 Å². The van der Waals surface area contributed by atoms with E-state index in [1.807, 2.05) is 48.5 Å². The second-order valence-corrected chi connectivity index (χ2v) is 11.4. The summed E-state index contributed by atoms with van der Waals surface area (Å²) in [5.41, 5.74) is 4.11. The van der Waals surface area contributed by atoms with Gasteiger partial charge in [0.25, 0.3) is 0 Å². The minimum atomic E-state index is -0.335. The summed E-state index contributed by atoms with van der Waals surface area (Å²) in [6.45, 7) is 2.03. The van der Waals surface area contributed by atoms with E-state index in [0.717, 1.165) is 23.1 Å². The van der Waals surface area contributed by atoms with Gasteiger partial charge < -0.3 is 53.4 Å². The molecule has 0 spiro atoms. The molecule has 3 aromatic carbocycles. The molecule has 0 radical (unpaired) electrons. The normalized spacial score (nSPS) is 13.5. The van der Waals surface area contributed by atoms with Crippen molar-refractivity contribution in [3.8, 4) is 34.5 Å². The number of ether oxygens (including phenoxy) is 8. The Morgan fingerprint density at radius 3 is 1.44 bits per heavy atom. The summed E-state index contributed by atoms with van der Waals surface area (Å²) >= 11 is 0. The van der Waals surface area contributed by atoms with Crippen molar-refractivity contribution in [1.29, 1.82) is 0 Å². The zero-order valence-corrected chi connectivity index (χ0v) is 29.9. The Balaban J connectivity index is 1.42. The highest BCUT2D eigenvalue weighted by molar-refractivity contribution is 5.53. The van der Waals surface area contributed by atoms with Crippen LogP contribution in [0.4, 0.5) is 17.8 Å². The number of hydrogen-bond donors (Lipinski definition) is 2. The number of aromatic nitrogens is 3. The highest BCUT2D eigenvalue weighted by Gasteiger charge is 2.24. The number of benzene rings is 3. The molecule has 4 aromatic rings. The lowest BCUT2D eigenvalue weighted by atomic mass is 9.99. The zero-order valence-electron chi connectivity index (χ0n) is 29.9. The maximum Gasteiger partial charge on any atom is 0.232 e. The topological polar surface area (TPSA) is 140 Å². The molecule has 0 amide bonds. The van der Waals surface area contributed by atoms with Crippen LogP contribution in [0, 0.1) is 0 Å². The van der Waals surface area contributed by atoms with E-state index in [4.69, 9.17) is 52.8 Å². The Labute approximate surface area is 292 Å². The van der Waals surface area contributed by atoms with Gasteiger partial charge >= 0.3 is 0 Å². The molecule has 14 nitrogen and oxygen atoms in total. The van der Waals surface area contributed by atoms with Gasteiger partial charge in [0.15, 0.2) is 34.5 Å². The number of nitrogens with one attached hydrogen (secondary N) is 2. The number of anilines is 3. The predicted molar refractivity (Wildman–Crippen MR) is 190 cm³/mol. The summed E-state index contributed by atoms with van der Waals surface area (Å²) < 4.78 is 44.7. The van der Waals surface area contributed by atoms with Gasteiger partial charge in [-0.1, -0.05) is 12.1 Å². The third kappa shape index (κ3) is 8.14. The minimum Gasteiger partial charge on any atom is -0.493 e. The van der Waals surface area contributed by atoms with Crippen molar-refractivity contribution >= 4 is 17.8 Å². The molecule has 0 bridgehead atoms. The fourth-order valence-corrected chi connectivity index (χ4v) is 5.87. The minimum absolute atomic E-state index is 0.335. The van der Waals surface area contributed by atoms with Crippen LogP contribution in [0.3, 0.4) is 0 Å². The molecule has 5 rings (SSSR count). The molecule has 50 heavy (non-hydrogen) atoms. The first-order chi connectivity index (χ1) is 24.4. The van der Waals surface area contributed by atoms with E-state index in [2.05, 4.69) is 15.5 Å². The van der Waals surface area contributed by atoms with Crippen molar-refractivity contribution in [2.75, 3.05) is 92.0 Å². The summed E-state index contributed by atoms with van der Waals surface area (Å²) in [5, 5.41) is 6.74. The van der Waals surface area contributed by atoms with Crippen LogP contribution in [0.25, 0.3) is 0 Å². The Morgan fingerprint density at radius 2 is 1.00 bits per heavy atom. The second kappa shape index (κ2) is 16.9. The van der Waals surface area contributed by atoms with Crippen molar-refractivity contribution < 1.29 is 37.9 Å². The number of fused-ring (bicyclic) bond motifs is 1. The maximum absolute atomic E-state index is 5.85. The summed E-state index contributed by atoms with van der Waals surface area (Å²) in [6.07, 6.45) is 0.112. The largest absolute Gasteiger partial charge is 0.493 e. The maximum atomic E-state index is 5.85. The molecule has 1 aromatic heterocycles. The number of hydrogen-bond acceptors (Lipinski definition) is 14. The lowest BCUT2D eigenvalue weighted by molar-refractivity contribution is 0.113. The predicted octanol–water partition coefficient (Wildman–Crippen LogP) is 5.09. The van der Waals surface area contributed by atoms with Crippen molar-refractivity contribution in [1.82, 2.24) is 15.0 Å². The van der Waals surface area contributed by atoms with Gasteiger partial charge in [-0.15, -0.1) is 0 Å². The van der Waals surface area contributed by atoms with Crippen LogP contribution in [0.1, 0.15) is 34.5 Å². The van der Waals surface area contributed by atoms with Crippen LogP contribution in [0.5, 0.6) is 34.5 Å². The van der Waals surface area contributed by atoms with E-state index in [1.165, 1.54) is 5.56 Å². The van der Waals surface area contributed by atoms with Gasteiger partial charge in [-0.25, -0.2) is 0 Å². The third-order valence-electron chi connectivity index (χ3n) is 8.64. The standard InChI is InChI=1S/C36H46N6O8/c1-43-26-11-9-23(16-28(26)45-3)32(49-7)19-37-34-39-35(38-20-33(50-8)24-10-12-27(44-2)29(17-24)46-4)41-36(40-34)42-14-13-22-15-30(47-5)31(48-6)18-25(22)21-42/h9-12,15-18,32-33H,13-14,19-21H2,1-8H3,(H2,37,38,39,40,41). The second-order valence-electron chi connectivity index (χ2n) is 11.4. The van der Waals surface area contributed by atoms with Crippen molar-refractivity contribution in [2.45, 2.75) is 25.2 Å². The highest BCUT2D eigenvalue weighted by atomic mass is 16.5. The molecular formula is C36H46N6O8. The van der Waals surface area contributed by atoms with Gasteiger partial charge in [0.2, 0.25) is 17.8 Å². The molecule has 0 fully saturated rings. The van der Waals surface area contributed by atoms with E-state index < -0.39 is 0 Å². The average molecular weight is 691 g/mol. The molecular weight excluding hydrogens is 644 g/mol. The molecule has 2 heterocycles. The van der Waals surface area contributed by atoms with Crippen LogP contribution in [-0.4, -0.2) is 91.5 Å². The Kier molecular flexibility index (Phi) is 12.2. The number of methoxy groups -OCH3 is 8. The van der Waals surface area contributed by atoms with Crippen LogP contribution < -0.4 is 44.0 Å². The quantitative estimate of drug-likeness (QED) is 0.152. The Morgan fingerprint density at radius 1 is 0.560 bits per heavy atom. The summed E-state index contributed by atoms with van der Waals surface area (Å²) in [4.78, 5) is 16.6. The van der Waals surface area contributed by atoms with Crippen LogP contribution in [0.15, 0.2) is 48.5 Å². The van der Waals surface area contributed by atoms with Crippen LogP contribution >= 0.6 is 0 Å². The van der Waals surface area contributed by atoms with Gasteiger partial charge in [0.05, 0.1) is 54.9 Å². The van der Waals surface area contributed by atoms with E-state index >= 15 is 0 Å². The molecule has 0 saturated heterocycles. The van der Waals surface area contributed by atoms with Crippen molar-refractivity contribution in [3.05, 3.63) is 70.8 Å². The molecule has 1 aliphatic heterocycles. The molecule has 2 atom stereocenters. The van der Waals surface area contributed by atoms with E-state index in [9.17, 15) is 0 Å². The lowest BCUT2D eigenvalue weighted by Gasteiger charge is -2.30. The number of rotatable bonds is 17. The van der Waals surface area contributed by atoms with Crippen LogP contribution in [-0.2, 0) is 22.4 Å². The molecule has 1 aliphatic rings. The lowest BCUT2D eigenvalue weighted by Crippen LogP contribution is -2.32. The molecule has 0 saturated carbocycles. The van der Waals surface area contributed by atoms with Crippen molar-refractivity contribution in [3.63, 3.8) is 0 Å². The highest BCUT2D eigenvalue weighted by Crippen LogP contribution is 2.35. The first-order valence-electron chi connectivity index (χ1n) is 16.1. The summed E-state index contributed by atoms with van der Waals surface area (Å²) in [7, 11) is 13.0. The van der Waals surface area contributed by atoms with E-state index in [0.29, 0.717) is 78.5 Å². The fraction of sp³-hybridized carbons (Fsp3) is 0.417. The zero-order chi connectivity index (χ0) is 35.6.